The summed E-state index contributed by atoms with van der Waals surface area (Å²) in [6.07, 6.45) is 0.295. The van der Waals surface area contributed by atoms with Crippen molar-refractivity contribution in [3.05, 3.63) is 101 Å². The molecule has 2 amide bonds. The molecule has 33 heavy (non-hydrogen) atoms. The fourth-order valence-corrected chi connectivity index (χ4v) is 3.51. The van der Waals surface area contributed by atoms with Crippen LogP contribution in [-0.2, 0) is 17.8 Å². The maximum absolute atomic E-state index is 12.8. The van der Waals surface area contributed by atoms with Gasteiger partial charge in [-0.3, -0.25) is 14.6 Å². The number of pyridine rings is 1. The predicted octanol–water partition coefficient (Wildman–Crippen LogP) is 4.66. The average molecular weight is 440 g/mol. The highest BCUT2D eigenvalue weighted by atomic mass is 16.5. The summed E-state index contributed by atoms with van der Waals surface area (Å²) in [5.41, 5.74) is 4.70. The Bertz CT molecular complexity index is 1280. The van der Waals surface area contributed by atoms with E-state index in [9.17, 15) is 9.59 Å². The minimum Gasteiger partial charge on any atom is -0.497 e. The molecule has 0 atom stereocenters. The molecule has 0 aliphatic rings. The zero-order valence-electron chi connectivity index (χ0n) is 18.6. The normalized spacial score (nSPS) is 10.6. The Morgan fingerprint density at radius 2 is 1.61 bits per heavy atom. The molecule has 0 saturated heterocycles. The number of nitrogens with one attached hydrogen (secondary N) is 2. The van der Waals surface area contributed by atoms with E-state index in [2.05, 4.69) is 15.6 Å². The number of para-hydroxylation sites is 1. The largest absolute Gasteiger partial charge is 0.497 e. The van der Waals surface area contributed by atoms with E-state index >= 15 is 0 Å². The van der Waals surface area contributed by atoms with E-state index in [-0.39, 0.29) is 11.8 Å². The lowest BCUT2D eigenvalue weighted by molar-refractivity contribution is -0.120. The van der Waals surface area contributed by atoms with Gasteiger partial charge in [0.15, 0.2) is 0 Å². The standard InChI is InChI=1S/C27H25N3O3/c1-18-6-11-21-4-3-5-24(26(21)29-18)30-27(32)22-12-7-20(8-13-22)17-28-25(31)16-19-9-14-23(33-2)15-10-19/h3-15H,16-17H2,1-2H3,(H,28,31)(H,30,32). The molecule has 6 heteroatoms. The number of hydrogen-bond donors (Lipinski definition) is 2. The topological polar surface area (TPSA) is 80.3 Å². The number of nitrogens with zero attached hydrogens (tertiary/aromatic N) is 1. The lowest BCUT2D eigenvalue weighted by atomic mass is 10.1. The first kappa shape index (κ1) is 22.0. The molecule has 1 heterocycles. The lowest BCUT2D eigenvalue weighted by Crippen LogP contribution is -2.24. The zero-order chi connectivity index (χ0) is 23.2. The maximum atomic E-state index is 12.8. The van der Waals surface area contributed by atoms with Crippen LogP contribution in [0.5, 0.6) is 5.75 Å². The first-order chi connectivity index (χ1) is 16.0. The minimum absolute atomic E-state index is 0.0688. The zero-order valence-corrected chi connectivity index (χ0v) is 18.6. The first-order valence-corrected chi connectivity index (χ1v) is 10.7. The number of carbonyl (C=O) groups is 2. The fourth-order valence-electron chi connectivity index (χ4n) is 3.51. The Morgan fingerprint density at radius 3 is 2.33 bits per heavy atom. The van der Waals surface area contributed by atoms with Crippen LogP contribution in [0, 0.1) is 6.92 Å². The van der Waals surface area contributed by atoms with Crippen LogP contribution >= 0.6 is 0 Å². The number of aryl methyl sites for hydroxylation is 1. The van der Waals surface area contributed by atoms with Crippen molar-refractivity contribution in [3.63, 3.8) is 0 Å². The number of anilines is 1. The van der Waals surface area contributed by atoms with Crippen LogP contribution in [0.4, 0.5) is 5.69 Å². The summed E-state index contributed by atoms with van der Waals surface area (Å²) in [6.45, 7) is 2.32. The number of hydrogen-bond acceptors (Lipinski definition) is 4. The van der Waals surface area contributed by atoms with Crippen LogP contribution in [0.15, 0.2) is 78.9 Å². The molecule has 1 aromatic heterocycles. The van der Waals surface area contributed by atoms with Crippen molar-refractivity contribution in [2.75, 3.05) is 12.4 Å². The van der Waals surface area contributed by atoms with E-state index in [1.807, 2.05) is 73.7 Å². The summed E-state index contributed by atoms with van der Waals surface area (Å²) in [5.74, 6) is 0.483. The van der Waals surface area contributed by atoms with Crippen LogP contribution in [0.3, 0.4) is 0 Å². The molecule has 0 spiro atoms. The second-order valence-corrected chi connectivity index (χ2v) is 7.78. The quantitative estimate of drug-likeness (QED) is 0.439. The molecule has 166 valence electrons. The Balaban J connectivity index is 1.34. The molecule has 0 aliphatic heterocycles. The molecule has 0 unspecified atom stereocenters. The number of fused-ring (bicyclic) bond motifs is 1. The monoisotopic (exact) mass is 439 g/mol. The number of aromatic nitrogens is 1. The van der Waals surface area contributed by atoms with E-state index in [1.54, 1.807) is 19.2 Å². The predicted molar refractivity (Wildman–Crippen MR) is 129 cm³/mol. The number of ether oxygens (including phenoxy) is 1. The molecule has 4 rings (SSSR count). The summed E-state index contributed by atoms with van der Waals surface area (Å²) >= 11 is 0. The van der Waals surface area contributed by atoms with Gasteiger partial charge >= 0.3 is 0 Å². The molecular weight excluding hydrogens is 414 g/mol. The van der Waals surface area contributed by atoms with Gasteiger partial charge in [-0.05, 0) is 54.4 Å². The smallest absolute Gasteiger partial charge is 0.255 e. The van der Waals surface area contributed by atoms with Crippen molar-refractivity contribution in [1.29, 1.82) is 0 Å². The molecule has 0 fully saturated rings. The fraction of sp³-hybridized carbons (Fsp3) is 0.148. The van der Waals surface area contributed by atoms with Crippen LogP contribution in [0.25, 0.3) is 10.9 Å². The van der Waals surface area contributed by atoms with Crippen LogP contribution in [-0.4, -0.2) is 23.9 Å². The van der Waals surface area contributed by atoms with E-state index in [0.29, 0.717) is 24.2 Å². The van der Waals surface area contributed by atoms with Gasteiger partial charge in [-0.1, -0.05) is 42.5 Å². The van der Waals surface area contributed by atoms with Gasteiger partial charge in [-0.15, -0.1) is 0 Å². The van der Waals surface area contributed by atoms with Crippen molar-refractivity contribution in [2.24, 2.45) is 0 Å². The Morgan fingerprint density at radius 1 is 0.879 bits per heavy atom. The van der Waals surface area contributed by atoms with Crippen LogP contribution < -0.4 is 15.4 Å². The van der Waals surface area contributed by atoms with Gasteiger partial charge in [0.1, 0.15) is 5.75 Å². The molecule has 0 bridgehead atoms. The molecule has 0 aliphatic carbocycles. The van der Waals surface area contributed by atoms with Crippen molar-refractivity contribution in [3.8, 4) is 5.75 Å². The highest BCUT2D eigenvalue weighted by molar-refractivity contribution is 6.08. The second-order valence-electron chi connectivity index (χ2n) is 7.78. The third-order valence-corrected chi connectivity index (χ3v) is 5.34. The molecule has 4 aromatic rings. The molecule has 2 N–H and O–H groups in total. The Kier molecular flexibility index (Phi) is 6.64. The van der Waals surface area contributed by atoms with Crippen molar-refractivity contribution in [1.82, 2.24) is 10.3 Å². The molecule has 3 aromatic carbocycles. The summed E-state index contributed by atoms with van der Waals surface area (Å²) in [5, 5.41) is 6.84. The summed E-state index contributed by atoms with van der Waals surface area (Å²) < 4.78 is 5.13. The van der Waals surface area contributed by atoms with E-state index in [0.717, 1.165) is 33.5 Å². The number of rotatable bonds is 7. The number of amides is 2. The van der Waals surface area contributed by atoms with Crippen molar-refractivity contribution < 1.29 is 14.3 Å². The third kappa shape index (κ3) is 5.54. The number of benzene rings is 3. The Labute approximate surface area is 192 Å². The summed E-state index contributed by atoms with van der Waals surface area (Å²) in [6, 6.07) is 24.3. The van der Waals surface area contributed by atoms with Crippen LogP contribution in [0.1, 0.15) is 27.2 Å². The van der Waals surface area contributed by atoms with Gasteiger partial charge in [-0.2, -0.15) is 0 Å². The molecule has 0 saturated carbocycles. The lowest BCUT2D eigenvalue weighted by Gasteiger charge is -2.10. The van der Waals surface area contributed by atoms with Gasteiger partial charge < -0.3 is 15.4 Å². The van der Waals surface area contributed by atoms with E-state index in [1.165, 1.54) is 0 Å². The number of carbonyl (C=O) groups excluding carboxylic acids is 2. The average Bonchev–Trinajstić information content (AvgIpc) is 2.84. The maximum Gasteiger partial charge on any atom is 0.255 e. The molecule has 0 radical (unpaired) electrons. The second kappa shape index (κ2) is 9.96. The Hall–Kier alpha value is -4.19. The van der Waals surface area contributed by atoms with Gasteiger partial charge in [0.05, 0.1) is 24.7 Å². The SMILES string of the molecule is COc1ccc(CC(=O)NCc2ccc(C(=O)Nc3cccc4ccc(C)nc34)cc2)cc1. The highest BCUT2D eigenvalue weighted by Gasteiger charge is 2.10. The van der Waals surface area contributed by atoms with E-state index in [4.69, 9.17) is 4.74 Å². The van der Waals surface area contributed by atoms with Gasteiger partial charge in [-0.25, -0.2) is 0 Å². The van der Waals surface area contributed by atoms with Crippen molar-refractivity contribution >= 4 is 28.4 Å². The molecular formula is C27H25N3O3. The summed E-state index contributed by atoms with van der Waals surface area (Å²) in [4.78, 5) is 29.5. The third-order valence-electron chi connectivity index (χ3n) is 5.34. The van der Waals surface area contributed by atoms with E-state index < -0.39 is 0 Å². The number of methoxy groups -OCH3 is 1. The van der Waals surface area contributed by atoms with Gasteiger partial charge in [0, 0.05) is 23.2 Å². The summed E-state index contributed by atoms with van der Waals surface area (Å²) in [7, 11) is 1.61. The van der Waals surface area contributed by atoms with Gasteiger partial charge in [0.25, 0.3) is 5.91 Å². The highest BCUT2D eigenvalue weighted by Crippen LogP contribution is 2.22. The van der Waals surface area contributed by atoms with Gasteiger partial charge in [0.2, 0.25) is 5.91 Å². The molecule has 6 nitrogen and oxygen atoms in total. The first-order valence-electron chi connectivity index (χ1n) is 10.7. The minimum atomic E-state index is -0.208. The van der Waals surface area contributed by atoms with Crippen LogP contribution in [0.2, 0.25) is 0 Å². The van der Waals surface area contributed by atoms with Crippen molar-refractivity contribution in [2.45, 2.75) is 19.9 Å².